The molecule has 0 spiro atoms. The molecule has 0 unspecified atom stereocenters. The van der Waals surface area contributed by atoms with E-state index in [0.717, 1.165) is 25.9 Å². The number of carboxylic acids is 1. The van der Waals surface area contributed by atoms with E-state index in [2.05, 4.69) is 10.6 Å². The van der Waals surface area contributed by atoms with Crippen molar-refractivity contribution in [2.45, 2.75) is 12.8 Å². The summed E-state index contributed by atoms with van der Waals surface area (Å²) >= 11 is 5.15. The number of carbonyl (C=O) groups is 2. The molecule has 3 rings (SSSR count). The van der Waals surface area contributed by atoms with Crippen LogP contribution in [0, 0.1) is 10.1 Å². The zero-order valence-corrected chi connectivity index (χ0v) is 16.1. The lowest BCUT2D eigenvalue weighted by molar-refractivity contribution is -0.384. The number of carbonyl (C=O) groups excluding carboxylic acids is 1. The Balaban J connectivity index is 1.76. The van der Waals surface area contributed by atoms with Gasteiger partial charge in [0.2, 0.25) is 0 Å². The number of nitro groups is 1. The van der Waals surface area contributed by atoms with Gasteiger partial charge in [-0.3, -0.25) is 20.2 Å². The average Bonchev–Trinajstić information content (AvgIpc) is 3.22. The molecule has 0 aromatic heterocycles. The molecule has 2 aromatic carbocycles. The highest BCUT2D eigenvalue weighted by molar-refractivity contribution is 7.80. The van der Waals surface area contributed by atoms with Crippen LogP contribution in [-0.4, -0.2) is 40.1 Å². The molecule has 9 nitrogen and oxygen atoms in total. The number of carboxylic acid groups (broad SMARTS) is 1. The van der Waals surface area contributed by atoms with Crippen molar-refractivity contribution in [3.63, 3.8) is 0 Å². The first-order chi connectivity index (χ1) is 13.8. The number of rotatable bonds is 5. The molecule has 1 fully saturated rings. The topological polar surface area (TPSA) is 125 Å². The summed E-state index contributed by atoms with van der Waals surface area (Å²) in [6.07, 6.45) is 1.98. The Bertz CT molecular complexity index is 971. The molecule has 1 amide bonds. The van der Waals surface area contributed by atoms with Gasteiger partial charge in [-0.05, 0) is 55.4 Å². The first kappa shape index (κ1) is 20.2. The van der Waals surface area contributed by atoms with Crippen LogP contribution < -0.4 is 15.5 Å². The quantitative estimate of drug-likeness (QED) is 0.387. The summed E-state index contributed by atoms with van der Waals surface area (Å²) in [5.74, 6) is -1.61. The second-order valence-electron chi connectivity index (χ2n) is 6.44. The summed E-state index contributed by atoms with van der Waals surface area (Å²) in [6.45, 7) is 1.55. The van der Waals surface area contributed by atoms with E-state index >= 15 is 0 Å². The maximum Gasteiger partial charge on any atom is 0.335 e. The SMILES string of the molecule is O=C(O)c1ccc(NC(=S)NC(=O)c2cc([N+](=O)[O-])ccc2N2CCCC2)cc1. The number of benzene rings is 2. The minimum atomic E-state index is -1.05. The lowest BCUT2D eigenvalue weighted by Crippen LogP contribution is -2.35. The standard InChI is InChI=1S/C19H18N4O5S/c24-17(21-19(29)20-13-5-3-12(4-6-13)18(25)26)15-11-14(23(27)28)7-8-16(15)22-9-1-2-10-22/h3-8,11H,1-2,9-10H2,(H,25,26)(H2,20,21,24,29). The normalized spacial score (nSPS) is 13.0. The molecule has 0 aliphatic carbocycles. The molecule has 1 heterocycles. The third-order valence-corrected chi connectivity index (χ3v) is 4.70. The first-order valence-electron chi connectivity index (χ1n) is 8.84. The molecule has 3 N–H and O–H groups in total. The molecule has 150 valence electrons. The van der Waals surface area contributed by atoms with Gasteiger partial charge in [-0.25, -0.2) is 4.79 Å². The largest absolute Gasteiger partial charge is 0.478 e. The van der Waals surface area contributed by atoms with Crippen LogP contribution in [0.4, 0.5) is 17.1 Å². The number of non-ortho nitro benzene ring substituents is 1. The molecular formula is C19H18N4O5S. The fourth-order valence-corrected chi connectivity index (χ4v) is 3.29. The van der Waals surface area contributed by atoms with E-state index < -0.39 is 16.8 Å². The predicted molar refractivity (Wildman–Crippen MR) is 112 cm³/mol. The van der Waals surface area contributed by atoms with Gasteiger partial charge in [-0.1, -0.05) is 0 Å². The van der Waals surface area contributed by atoms with E-state index in [-0.39, 0.29) is 21.9 Å². The van der Waals surface area contributed by atoms with E-state index in [4.69, 9.17) is 17.3 Å². The van der Waals surface area contributed by atoms with Gasteiger partial charge < -0.3 is 15.3 Å². The van der Waals surface area contributed by atoms with Crippen LogP contribution in [0.5, 0.6) is 0 Å². The second-order valence-corrected chi connectivity index (χ2v) is 6.85. The summed E-state index contributed by atoms with van der Waals surface area (Å²) in [5.41, 5.74) is 1.24. The molecule has 29 heavy (non-hydrogen) atoms. The molecular weight excluding hydrogens is 396 g/mol. The fourth-order valence-electron chi connectivity index (χ4n) is 3.08. The summed E-state index contributed by atoms with van der Waals surface area (Å²) in [7, 11) is 0. The molecule has 1 aliphatic heterocycles. The number of thiocarbonyl (C=S) groups is 1. The number of aromatic carboxylic acids is 1. The van der Waals surface area contributed by atoms with Gasteiger partial charge in [-0.15, -0.1) is 0 Å². The highest BCUT2D eigenvalue weighted by Gasteiger charge is 2.23. The Morgan fingerprint density at radius 1 is 1.10 bits per heavy atom. The highest BCUT2D eigenvalue weighted by Crippen LogP contribution is 2.28. The summed E-state index contributed by atoms with van der Waals surface area (Å²) in [6, 6.07) is 10.1. The number of hydrogen-bond donors (Lipinski definition) is 3. The van der Waals surface area contributed by atoms with Crippen molar-refractivity contribution in [1.82, 2.24) is 5.32 Å². The van der Waals surface area contributed by atoms with E-state index in [1.807, 2.05) is 4.90 Å². The third kappa shape index (κ3) is 4.85. The average molecular weight is 414 g/mol. The van der Waals surface area contributed by atoms with Crippen molar-refractivity contribution in [3.05, 3.63) is 63.7 Å². The molecule has 0 radical (unpaired) electrons. The van der Waals surface area contributed by atoms with Crippen LogP contribution >= 0.6 is 12.2 Å². The van der Waals surface area contributed by atoms with E-state index in [1.54, 1.807) is 6.07 Å². The van der Waals surface area contributed by atoms with E-state index in [0.29, 0.717) is 11.4 Å². The second kappa shape index (κ2) is 8.65. The molecule has 10 heteroatoms. The van der Waals surface area contributed by atoms with Gasteiger partial charge in [0, 0.05) is 30.9 Å². The highest BCUT2D eigenvalue weighted by atomic mass is 32.1. The summed E-state index contributed by atoms with van der Waals surface area (Å²) in [4.78, 5) is 36.3. The number of anilines is 2. The number of nitro benzene ring substituents is 1. The smallest absolute Gasteiger partial charge is 0.335 e. The summed E-state index contributed by atoms with van der Waals surface area (Å²) in [5, 5.41) is 25.4. The number of hydrogen-bond acceptors (Lipinski definition) is 6. The van der Waals surface area contributed by atoms with Crippen LogP contribution in [-0.2, 0) is 0 Å². The van der Waals surface area contributed by atoms with Gasteiger partial charge in [-0.2, -0.15) is 0 Å². The van der Waals surface area contributed by atoms with Crippen LogP contribution in [0.15, 0.2) is 42.5 Å². The zero-order chi connectivity index (χ0) is 21.0. The van der Waals surface area contributed by atoms with Crippen LogP contribution in [0.1, 0.15) is 33.6 Å². The Labute approximate surface area is 171 Å². The first-order valence-corrected chi connectivity index (χ1v) is 9.25. The summed E-state index contributed by atoms with van der Waals surface area (Å²) < 4.78 is 0. The van der Waals surface area contributed by atoms with Crippen LogP contribution in [0.25, 0.3) is 0 Å². The zero-order valence-electron chi connectivity index (χ0n) is 15.3. The molecule has 0 bridgehead atoms. The van der Waals surface area contributed by atoms with Crippen molar-refractivity contribution in [2.75, 3.05) is 23.3 Å². The van der Waals surface area contributed by atoms with Crippen molar-refractivity contribution < 1.29 is 19.6 Å². The Morgan fingerprint density at radius 2 is 1.76 bits per heavy atom. The Kier molecular flexibility index (Phi) is 6.03. The van der Waals surface area contributed by atoms with E-state index in [9.17, 15) is 19.7 Å². The van der Waals surface area contributed by atoms with Crippen LogP contribution in [0.2, 0.25) is 0 Å². The van der Waals surface area contributed by atoms with Crippen molar-refractivity contribution in [3.8, 4) is 0 Å². The maximum atomic E-state index is 12.8. The van der Waals surface area contributed by atoms with Gasteiger partial charge in [0.1, 0.15) is 0 Å². The third-order valence-electron chi connectivity index (χ3n) is 4.50. The molecule has 0 atom stereocenters. The van der Waals surface area contributed by atoms with Gasteiger partial charge in [0.25, 0.3) is 11.6 Å². The fraction of sp³-hybridized carbons (Fsp3) is 0.211. The van der Waals surface area contributed by atoms with Crippen molar-refractivity contribution in [1.29, 1.82) is 0 Å². The predicted octanol–water partition coefficient (Wildman–Crippen LogP) is 3.02. The number of amides is 1. The molecule has 2 aromatic rings. The minimum absolute atomic E-state index is 0.00282. The van der Waals surface area contributed by atoms with Crippen molar-refractivity contribution in [2.24, 2.45) is 0 Å². The lowest BCUT2D eigenvalue weighted by atomic mass is 10.1. The maximum absolute atomic E-state index is 12.8. The number of nitrogens with zero attached hydrogens (tertiary/aromatic N) is 2. The van der Waals surface area contributed by atoms with Crippen LogP contribution in [0.3, 0.4) is 0 Å². The van der Waals surface area contributed by atoms with Gasteiger partial charge >= 0.3 is 5.97 Å². The van der Waals surface area contributed by atoms with Gasteiger partial charge in [0.05, 0.1) is 21.7 Å². The Hall–Kier alpha value is -3.53. The Morgan fingerprint density at radius 3 is 2.34 bits per heavy atom. The van der Waals surface area contributed by atoms with Gasteiger partial charge in [0.15, 0.2) is 5.11 Å². The van der Waals surface area contributed by atoms with Crippen molar-refractivity contribution >= 4 is 46.3 Å². The minimum Gasteiger partial charge on any atom is -0.478 e. The van der Waals surface area contributed by atoms with E-state index in [1.165, 1.54) is 36.4 Å². The lowest BCUT2D eigenvalue weighted by Gasteiger charge is -2.21. The molecule has 0 saturated carbocycles. The monoisotopic (exact) mass is 414 g/mol. The number of nitrogens with one attached hydrogen (secondary N) is 2. The molecule has 1 aliphatic rings. The molecule has 1 saturated heterocycles.